The van der Waals surface area contributed by atoms with Crippen molar-refractivity contribution in [3.8, 4) is 5.69 Å². The minimum Gasteiger partial charge on any atom is -0.462 e. The minimum absolute atomic E-state index is 0.104. The number of carbonyl (C=O) groups excluding carboxylic acids is 1. The Morgan fingerprint density at radius 2 is 1.94 bits per heavy atom. The normalized spacial score (nSPS) is 15.0. The maximum absolute atomic E-state index is 13.7. The van der Waals surface area contributed by atoms with Gasteiger partial charge in [0.25, 0.3) is 5.56 Å². The number of hydrogen-bond donors (Lipinski definition) is 0. The Bertz CT molecular complexity index is 1640. The van der Waals surface area contributed by atoms with Gasteiger partial charge in [0.15, 0.2) is 0 Å². The lowest BCUT2D eigenvalue weighted by molar-refractivity contribution is 0.0522. The van der Waals surface area contributed by atoms with Crippen LogP contribution in [0.4, 0.5) is 0 Å². The van der Waals surface area contributed by atoms with Crippen LogP contribution >= 0.6 is 11.3 Å². The van der Waals surface area contributed by atoms with E-state index in [9.17, 15) is 19.2 Å². The zero-order valence-corrected chi connectivity index (χ0v) is 19.8. The minimum atomic E-state index is -0.775. The first-order valence-corrected chi connectivity index (χ1v) is 11.9. The first kappa shape index (κ1) is 22.1. The third-order valence-corrected chi connectivity index (χ3v) is 7.32. The first-order chi connectivity index (χ1) is 16.3. The highest BCUT2D eigenvalue weighted by Crippen LogP contribution is 2.33. The molecule has 1 aliphatic carbocycles. The third-order valence-electron chi connectivity index (χ3n) is 6.33. The van der Waals surface area contributed by atoms with Crippen molar-refractivity contribution in [1.82, 2.24) is 13.7 Å². The van der Waals surface area contributed by atoms with Crippen LogP contribution in [0, 0.1) is 6.92 Å². The molecule has 0 bridgehead atoms. The Morgan fingerprint density at radius 1 is 1.15 bits per heavy atom. The fraction of sp³-hybridized carbons (Fsp3) is 0.280. The molecule has 4 aromatic rings. The Morgan fingerprint density at radius 3 is 2.71 bits per heavy atom. The fourth-order valence-electron chi connectivity index (χ4n) is 4.62. The molecular formula is C25H23N3O5S. The van der Waals surface area contributed by atoms with E-state index >= 15 is 0 Å². The largest absolute Gasteiger partial charge is 0.462 e. The van der Waals surface area contributed by atoms with Gasteiger partial charge in [-0.1, -0.05) is 35.1 Å². The van der Waals surface area contributed by atoms with Crippen LogP contribution < -0.4 is 16.1 Å². The number of aryl methyl sites for hydroxylation is 3. The van der Waals surface area contributed by atoms with Gasteiger partial charge >= 0.3 is 16.5 Å². The number of hydrogen-bond acceptors (Lipinski definition) is 6. The van der Waals surface area contributed by atoms with Crippen LogP contribution in [0.2, 0.25) is 0 Å². The van der Waals surface area contributed by atoms with Crippen molar-refractivity contribution in [1.29, 1.82) is 0 Å². The Hall–Kier alpha value is -3.72. The molecule has 9 heteroatoms. The molecule has 8 nitrogen and oxygen atoms in total. The summed E-state index contributed by atoms with van der Waals surface area (Å²) >= 11 is 1.07. The number of carbonyl (C=O) groups is 1. The molecule has 5 rings (SSSR count). The molecule has 1 unspecified atom stereocenters. The fourth-order valence-corrected chi connectivity index (χ4v) is 5.53. The van der Waals surface area contributed by atoms with E-state index in [0.717, 1.165) is 40.0 Å². The average Bonchev–Trinajstić information content (AvgIpc) is 3.34. The number of esters is 1. The zero-order valence-electron chi connectivity index (χ0n) is 19.0. The highest BCUT2D eigenvalue weighted by Gasteiger charge is 2.30. The number of rotatable bonds is 4. The van der Waals surface area contributed by atoms with Crippen molar-refractivity contribution >= 4 is 27.5 Å². The summed E-state index contributed by atoms with van der Waals surface area (Å²) in [6, 6.07) is 10.7. The van der Waals surface area contributed by atoms with E-state index < -0.39 is 23.3 Å². The van der Waals surface area contributed by atoms with Crippen LogP contribution in [0.3, 0.4) is 0 Å². The van der Waals surface area contributed by atoms with Crippen molar-refractivity contribution in [3.63, 3.8) is 0 Å². The van der Waals surface area contributed by atoms with Gasteiger partial charge in [0, 0.05) is 13.2 Å². The summed E-state index contributed by atoms with van der Waals surface area (Å²) in [5, 5.41) is 0. The summed E-state index contributed by atoms with van der Waals surface area (Å²) < 4.78 is 9.84. The van der Waals surface area contributed by atoms with Crippen molar-refractivity contribution in [3.05, 3.63) is 95.4 Å². The zero-order chi connectivity index (χ0) is 24.1. The predicted molar refractivity (Wildman–Crippen MR) is 131 cm³/mol. The number of benzene rings is 2. The summed E-state index contributed by atoms with van der Waals surface area (Å²) in [5.74, 6) is -0.775. The van der Waals surface area contributed by atoms with Gasteiger partial charge in [0.05, 0.1) is 28.6 Å². The van der Waals surface area contributed by atoms with Gasteiger partial charge in [-0.05, 0) is 56.0 Å². The molecule has 0 N–H and O–H groups in total. The Labute approximate surface area is 198 Å². The standard InChI is InChI=1S/C25H23N3O5S/c1-4-33-23(30)18-13-27(16-8-10-20-21(12-16)34-25(32)26(20)3)24(31)28(22(18)29)19-9-7-15-6-5-14(2)11-17(15)19/h5-6,8,10-13,19H,4,7,9H2,1-3H3. The van der Waals surface area contributed by atoms with Crippen LogP contribution in [0.5, 0.6) is 0 Å². The maximum Gasteiger partial charge on any atom is 0.345 e. The Balaban J connectivity index is 1.77. The van der Waals surface area contributed by atoms with E-state index in [0.29, 0.717) is 16.8 Å². The van der Waals surface area contributed by atoms with Gasteiger partial charge in [-0.2, -0.15) is 0 Å². The van der Waals surface area contributed by atoms with Gasteiger partial charge in [-0.15, -0.1) is 0 Å². The number of thiazole rings is 1. The first-order valence-electron chi connectivity index (χ1n) is 11.0. The summed E-state index contributed by atoms with van der Waals surface area (Å²) in [4.78, 5) is 51.8. The lowest BCUT2D eigenvalue weighted by Gasteiger charge is -2.18. The smallest absolute Gasteiger partial charge is 0.345 e. The molecular weight excluding hydrogens is 454 g/mol. The molecule has 0 radical (unpaired) electrons. The number of fused-ring (bicyclic) bond motifs is 2. The summed E-state index contributed by atoms with van der Waals surface area (Å²) in [5.41, 5.74) is 2.83. The van der Waals surface area contributed by atoms with Gasteiger partial charge in [0.2, 0.25) is 0 Å². The number of nitrogens with zero attached hydrogens (tertiary/aromatic N) is 3. The number of ether oxygens (including phenoxy) is 1. The summed E-state index contributed by atoms with van der Waals surface area (Å²) in [7, 11) is 1.69. The molecule has 0 fully saturated rings. The van der Waals surface area contributed by atoms with Gasteiger partial charge in [0.1, 0.15) is 5.56 Å². The number of aromatic nitrogens is 3. The summed E-state index contributed by atoms with van der Waals surface area (Å²) in [6.07, 6.45) is 2.57. The van der Waals surface area contributed by atoms with Crippen LogP contribution in [0.25, 0.3) is 15.9 Å². The van der Waals surface area contributed by atoms with Crippen LogP contribution in [0.1, 0.15) is 46.4 Å². The van der Waals surface area contributed by atoms with Crippen LogP contribution in [-0.4, -0.2) is 26.3 Å². The Kier molecular flexibility index (Phi) is 5.36. The second-order valence-electron chi connectivity index (χ2n) is 8.43. The monoisotopic (exact) mass is 477 g/mol. The second kappa shape index (κ2) is 8.25. The molecule has 0 saturated heterocycles. The van der Waals surface area contributed by atoms with E-state index in [-0.39, 0.29) is 17.0 Å². The topological polar surface area (TPSA) is 92.3 Å². The van der Waals surface area contributed by atoms with E-state index in [2.05, 4.69) is 0 Å². The molecule has 0 spiro atoms. The predicted octanol–water partition coefficient (Wildman–Crippen LogP) is 2.93. The quantitative estimate of drug-likeness (QED) is 0.422. The summed E-state index contributed by atoms with van der Waals surface area (Å²) in [6.45, 7) is 3.73. The molecule has 174 valence electrons. The van der Waals surface area contributed by atoms with Gasteiger partial charge in [-0.25, -0.2) is 9.59 Å². The molecule has 1 aliphatic rings. The van der Waals surface area contributed by atoms with Gasteiger partial charge < -0.3 is 9.30 Å². The molecule has 0 aliphatic heterocycles. The van der Waals surface area contributed by atoms with Crippen LogP contribution in [0.15, 0.2) is 57.0 Å². The highest BCUT2D eigenvalue weighted by atomic mass is 32.1. The van der Waals surface area contributed by atoms with Crippen LogP contribution in [-0.2, 0) is 18.2 Å². The van der Waals surface area contributed by atoms with Crippen molar-refractivity contribution in [2.45, 2.75) is 32.7 Å². The molecule has 0 saturated carbocycles. The van der Waals surface area contributed by atoms with E-state index in [1.807, 2.05) is 25.1 Å². The van der Waals surface area contributed by atoms with Crippen molar-refractivity contribution in [2.75, 3.05) is 6.61 Å². The highest BCUT2D eigenvalue weighted by molar-refractivity contribution is 7.16. The van der Waals surface area contributed by atoms with Gasteiger partial charge in [-0.3, -0.25) is 18.7 Å². The SMILES string of the molecule is CCOC(=O)c1cn(-c2ccc3c(c2)sc(=O)n3C)c(=O)n(C2CCc3ccc(C)cc32)c1=O. The molecule has 0 amide bonds. The van der Waals surface area contributed by atoms with E-state index in [1.54, 1.807) is 32.2 Å². The molecule has 2 aromatic carbocycles. The molecule has 34 heavy (non-hydrogen) atoms. The third kappa shape index (κ3) is 3.43. The average molecular weight is 478 g/mol. The lowest BCUT2D eigenvalue weighted by Crippen LogP contribution is -2.44. The molecule has 1 atom stereocenters. The second-order valence-corrected chi connectivity index (χ2v) is 9.42. The van der Waals surface area contributed by atoms with Crippen molar-refractivity contribution in [2.24, 2.45) is 7.05 Å². The lowest BCUT2D eigenvalue weighted by atomic mass is 10.0. The molecule has 2 aromatic heterocycles. The maximum atomic E-state index is 13.7. The van der Waals surface area contributed by atoms with Crippen molar-refractivity contribution < 1.29 is 9.53 Å². The molecule has 2 heterocycles. The van der Waals surface area contributed by atoms with E-state index in [4.69, 9.17) is 4.74 Å². The van der Waals surface area contributed by atoms with E-state index in [1.165, 1.54) is 19.9 Å².